The monoisotopic (exact) mass is 196 g/mol. The number of carbonyl (C=O) groups excluding carboxylic acids is 1. The van der Waals surface area contributed by atoms with E-state index < -0.39 is 11.9 Å². The van der Waals surface area contributed by atoms with Gasteiger partial charge in [0, 0.05) is 18.2 Å². The summed E-state index contributed by atoms with van der Waals surface area (Å²) in [5.74, 6) is -1.58. The Hall–Kier alpha value is -2.11. The van der Waals surface area contributed by atoms with Gasteiger partial charge in [0.15, 0.2) is 0 Å². The van der Waals surface area contributed by atoms with E-state index in [0.717, 1.165) is 12.2 Å². The fourth-order valence-electron chi connectivity index (χ4n) is 0.733. The highest BCUT2D eigenvalue weighted by molar-refractivity contribution is 6.01. The Kier molecular flexibility index (Phi) is 3.01. The molecule has 1 aromatic rings. The standard InChI is InChI=1S/C8H8N2O4/c1-5-4-7(14-10-5)9-6(11)2-3-8(12)13/h2-4H,1H3,(H,9,11)(H,12,13). The lowest BCUT2D eigenvalue weighted by atomic mass is 10.4. The molecular weight excluding hydrogens is 188 g/mol. The highest BCUT2D eigenvalue weighted by Gasteiger charge is 2.03. The average Bonchev–Trinajstić information content (AvgIpc) is 2.48. The van der Waals surface area contributed by atoms with E-state index >= 15 is 0 Å². The van der Waals surface area contributed by atoms with Crippen molar-refractivity contribution in [1.82, 2.24) is 5.16 Å². The molecular formula is C8H8N2O4. The number of aliphatic carboxylic acids is 1. The third-order valence-electron chi connectivity index (χ3n) is 1.25. The molecule has 1 amide bonds. The van der Waals surface area contributed by atoms with Crippen molar-refractivity contribution < 1.29 is 19.2 Å². The van der Waals surface area contributed by atoms with Gasteiger partial charge in [-0.1, -0.05) is 5.16 Å². The van der Waals surface area contributed by atoms with Gasteiger partial charge in [-0.25, -0.2) is 4.79 Å². The molecule has 0 spiro atoms. The fraction of sp³-hybridized carbons (Fsp3) is 0.125. The van der Waals surface area contributed by atoms with Crippen molar-refractivity contribution in [1.29, 1.82) is 0 Å². The first-order chi connectivity index (χ1) is 6.58. The molecule has 6 nitrogen and oxygen atoms in total. The van der Waals surface area contributed by atoms with Crippen molar-refractivity contribution in [3.63, 3.8) is 0 Å². The summed E-state index contributed by atoms with van der Waals surface area (Å²) in [6.07, 6.45) is 1.62. The molecule has 0 aliphatic carbocycles. The van der Waals surface area contributed by atoms with E-state index in [1.807, 2.05) is 0 Å². The van der Waals surface area contributed by atoms with Crippen LogP contribution in [0.15, 0.2) is 22.7 Å². The third-order valence-corrected chi connectivity index (χ3v) is 1.25. The van der Waals surface area contributed by atoms with Crippen LogP contribution in [0, 0.1) is 6.92 Å². The molecule has 2 N–H and O–H groups in total. The molecule has 0 radical (unpaired) electrons. The number of hydrogen-bond donors (Lipinski definition) is 2. The molecule has 0 bridgehead atoms. The van der Waals surface area contributed by atoms with Gasteiger partial charge in [-0.3, -0.25) is 10.1 Å². The molecule has 14 heavy (non-hydrogen) atoms. The van der Waals surface area contributed by atoms with Gasteiger partial charge in [0.1, 0.15) is 0 Å². The number of carbonyl (C=O) groups is 2. The maximum Gasteiger partial charge on any atom is 0.328 e. The lowest BCUT2D eigenvalue weighted by molar-refractivity contribution is -0.131. The number of amides is 1. The van der Waals surface area contributed by atoms with Crippen LogP contribution in [0.1, 0.15) is 5.69 Å². The van der Waals surface area contributed by atoms with Crippen LogP contribution in [-0.2, 0) is 9.59 Å². The van der Waals surface area contributed by atoms with Crippen molar-refractivity contribution in [2.75, 3.05) is 5.32 Å². The number of anilines is 1. The number of nitrogens with one attached hydrogen (secondary N) is 1. The summed E-state index contributed by atoms with van der Waals surface area (Å²) in [6.45, 7) is 1.70. The number of rotatable bonds is 3. The van der Waals surface area contributed by atoms with Crippen LogP contribution in [0.2, 0.25) is 0 Å². The summed E-state index contributed by atoms with van der Waals surface area (Å²) in [5, 5.41) is 14.1. The highest BCUT2D eigenvalue weighted by Crippen LogP contribution is 2.07. The van der Waals surface area contributed by atoms with Crippen LogP contribution in [0.3, 0.4) is 0 Å². The Morgan fingerprint density at radius 3 is 2.79 bits per heavy atom. The van der Waals surface area contributed by atoms with Gasteiger partial charge in [0.25, 0.3) is 5.91 Å². The summed E-state index contributed by atoms with van der Waals surface area (Å²) in [5.41, 5.74) is 0.627. The predicted octanol–water partition coefficient (Wildman–Crippen LogP) is 0.562. The minimum Gasteiger partial charge on any atom is -0.478 e. The van der Waals surface area contributed by atoms with E-state index in [0.29, 0.717) is 5.69 Å². The maximum absolute atomic E-state index is 11.0. The predicted molar refractivity (Wildman–Crippen MR) is 46.6 cm³/mol. The Labute approximate surface area is 79.2 Å². The van der Waals surface area contributed by atoms with Crippen molar-refractivity contribution >= 4 is 17.8 Å². The van der Waals surface area contributed by atoms with Crippen LogP contribution in [0.25, 0.3) is 0 Å². The first kappa shape index (κ1) is 9.97. The van der Waals surface area contributed by atoms with Gasteiger partial charge < -0.3 is 9.63 Å². The van der Waals surface area contributed by atoms with Crippen molar-refractivity contribution in [3.8, 4) is 0 Å². The molecule has 0 saturated carbocycles. The summed E-state index contributed by atoms with van der Waals surface area (Å²) in [6, 6.07) is 1.52. The number of hydrogen-bond acceptors (Lipinski definition) is 4. The quantitative estimate of drug-likeness (QED) is 0.689. The lowest BCUT2D eigenvalue weighted by Crippen LogP contribution is -2.07. The number of carboxylic acids is 1. The van der Waals surface area contributed by atoms with E-state index in [2.05, 4.69) is 15.0 Å². The number of aryl methyl sites for hydroxylation is 1. The summed E-state index contributed by atoms with van der Waals surface area (Å²) >= 11 is 0. The van der Waals surface area contributed by atoms with E-state index in [-0.39, 0.29) is 5.88 Å². The van der Waals surface area contributed by atoms with E-state index in [9.17, 15) is 9.59 Å². The molecule has 1 aromatic heterocycles. The molecule has 0 saturated heterocycles. The Morgan fingerprint density at radius 2 is 2.29 bits per heavy atom. The van der Waals surface area contributed by atoms with E-state index in [4.69, 9.17) is 5.11 Å². The Morgan fingerprint density at radius 1 is 1.57 bits per heavy atom. The van der Waals surface area contributed by atoms with Crippen LogP contribution in [0.4, 0.5) is 5.88 Å². The van der Waals surface area contributed by atoms with Crippen LogP contribution in [0.5, 0.6) is 0 Å². The number of aromatic nitrogens is 1. The summed E-state index contributed by atoms with van der Waals surface area (Å²) in [4.78, 5) is 21.0. The maximum atomic E-state index is 11.0. The minimum absolute atomic E-state index is 0.183. The van der Waals surface area contributed by atoms with Gasteiger partial charge in [-0.05, 0) is 6.92 Å². The minimum atomic E-state index is -1.19. The molecule has 0 aliphatic rings. The first-order valence-electron chi connectivity index (χ1n) is 3.73. The first-order valence-corrected chi connectivity index (χ1v) is 3.73. The SMILES string of the molecule is Cc1cc(NC(=O)C=CC(=O)O)on1. The molecule has 0 fully saturated rings. The lowest BCUT2D eigenvalue weighted by Gasteiger charge is -1.92. The normalized spacial score (nSPS) is 10.4. The number of nitrogens with zero attached hydrogens (tertiary/aromatic N) is 1. The Bertz CT molecular complexity index is 380. The van der Waals surface area contributed by atoms with Gasteiger partial charge in [0.2, 0.25) is 5.88 Å². The fourth-order valence-corrected chi connectivity index (χ4v) is 0.733. The molecule has 0 aromatic carbocycles. The van der Waals surface area contributed by atoms with Gasteiger partial charge >= 0.3 is 5.97 Å². The second-order valence-electron chi connectivity index (χ2n) is 2.49. The van der Waals surface area contributed by atoms with E-state index in [1.165, 1.54) is 6.07 Å². The smallest absolute Gasteiger partial charge is 0.328 e. The van der Waals surface area contributed by atoms with Crippen LogP contribution in [-0.4, -0.2) is 22.1 Å². The molecule has 1 heterocycles. The summed E-state index contributed by atoms with van der Waals surface area (Å²) < 4.78 is 4.68. The number of carboxylic acid groups (broad SMARTS) is 1. The van der Waals surface area contributed by atoms with Gasteiger partial charge in [0.05, 0.1) is 5.69 Å². The zero-order valence-electron chi connectivity index (χ0n) is 7.35. The molecule has 0 atom stereocenters. The average molecular weight is 196 g/mol. The highest BCUT2D eigenvalue weighted by atomic mass is 16.5. The Balaban J connectivity index is 2.53. The second-order valence-corrected chi connectivity index (χ2v) is 2.49. The van der Waals surface area contributed by atoms with Crippen LogP contribution < -0.4 is 5.32 Å². The third kappa shape index (κ3) is 3.10. The topological polar surface area (TPSA) is 92.4 Å². The van der Waals surface area contributed by atoms with Gasteiger partial charge in [-0.2, -0.15) is 0 Å². The molecule has 1 rings (SSSR count). The zero-order valence-corrected chi connectivity index (χ0v) is 7.35. The molecule has 0 aliphatic heterocycles. The van der Waals surface area contributed by atoms with Crippen LogP contribution >= 0.6 is 0 Å². The molecule has 0 unspecified atom stereocenters. The largest absolute Gasteiger partial charge is 0.478 e. The van der Waals surface area contributed by atoms with Crippen molar-refractivity contribution in [2.45, 2.75) is 6.92 Å². The van der Waals surface area contributed by atoms with Crippen molar-refractivity contribution in [3.05, 3.63) is 23.9 Å². The van der Waals surface area contributed by atoms with E-state index in [1.54, 1.807) is 6.92 Å². The van der Waals surface area contributed by atoms with Gasteiger partial charge in [-0.15, -0.1) is 0 Å². The van der Waals surface area contributed by atoms with Crippen molar-refractivity contribution in [2.24, 2.45) is 0 Å². The zero-order chi connectivity index (χ0) is 10.6. The molecule has 6 heteroatoms. The summed E-state index contributed by atoms with van der Waals surface area (Å²) in [7, 11) is 0. The molecule has 74 valence electrons. The second kappa shape index (κ2) is 4.22.